The highest BCUT2D eigenvalue weighted by atomic mass is 19.3. The number of alkyl halides is 2. The summed E-state index contributed by atoms with van der Waals surface area (Å²) in [6.45, 7) is 2.67. The molecule has 2 N–H and O–H groups in total. The van der Waals surface area contributed by atoms with Gasteiger partial charge in [-0.2, -0.15) is 13.2 Å². The van der Waals surface area contributed by atoms with Crippen molar-refractivity contribution in [2.24, 2.45) is 0 Å². The van der Waals surface area contributed by atoms with E-state index in [2.05, 4.69) is 15.0 Å². The zero-order valence-corrected chi connectivity index (χ0v) is 17.4. The highest BCUT2D eigenvalue weighted by molar-refractivity contribution is 5.94. The Hall–Kier alpha value is -2.72. The van der Waals surface area contributed by atoms with Gasteiger partial charge in [0.15, 0.2) is 11.6 Å². The minimum Gasteiger partial charge on any atom is -0.432 e. The van der Waals surface area contributed by atoms with Crippen LogP contribution in [0.3, 0.4) is 0 Å². The molecule has 1 aromatic carbocycles. The highest BCUT2D eigenvalue weighted by Gasteiger charge is 2.28. The number of aromatic nitrogens is 1. The largest absolute Gasteiger partial charge is 0.432 e. The fourth-order valence-electron chi connectivity index (χ4n) is 2.53. The molecule has 1 saturated heterocycles. The lowest BCUT2D eigenvalue weighted by Gasteiger charge is -2.11. The van der Waals surface area contributed by atoms with Gasteiger partial charge in [0.05, 0.1) is 18.4 Å². The smallest absolute Gasteiger partial charge is 0.387 e. The van der Waals surface area contributed by atoms with Gasteiger partial charge in [0.1, 0.15) is 6.10 Å². The quantitative estimate of drug-likeness (QED) is 0.653. The lowest BCUT2D eigenvalue weighted by atomic mass is 10.2. The van der Waals surface area contributed by atoms with Crippen molar-refractivity contribution >= 4 is 11.6 Å². The molecule has 172 valence electrons. The standard InChI is InChI=1S/C12H16N2O3.C7H4F4O.C2H6/c1-8-2-3-11(17-8)12(16)14-9-4-5-13-10(6-9)7-15;8-4-2-1-3-5(6(4)9)12-7(10)11;1-2/h4-6,8,11,15H,2-3,7H2,1H3,(H,13,14,16);1-3,7H;1-2H3. The van der Waals surface area contributed by atoms with Gasteiger partial charge in [0, 0.05) is 11.9 Å². The maximum Gasteiger partial charge on any atom is 0.387 e. The summed E-state index contributed by atoms with van der Waals surface area (Å²) in [5.41, 5.74) is 1.17. The second kappa shape index (κ2) is 13.6. The van der Waals surface area contributed by atoms with Crippen LogP contribution >= 0.6 is 0 Å². The van der Waals surface area contributed by atoms with E-state index in [9.17, 15) is 22.4 Å². The van der Waals surface area contributed by atoms with Crippen molar-refractivity contribution in [1.29, 1.82) is 0 Å². The Morgan fingerprint density at radius 3 is 2.58 bits per heavy atom. The van der Waals surface area contributed by atoms with E-state index in [1.165, 1.54) is 0 Å². The summed E-state index contributed by atoms with van der Waals surface area (Å²) >= 11 is 0. The van der Waals surface area contributed by atoms with Crippen LogP contribution in [0.5, 0.6) is 5.75 Å². The molecule has 31 heavy (non-hydrogen) atoms. The predicted molar refractivity (Wildman–Crippen MR) is 107 cm³/mol. The fraction of sp³-hybridized carbons (Fsp3) is 0.429. The molecule has 2 heterocycles. The SMILES string of the molecule is CC.CC1CCC(C(=O)Nc2ccnc(CO)c2)O1.Fc1cccc(OC(F)F)c1F. The van der Waals surface area contributed by atoms with E-state index < -0.39 is 24.0 Å². The van der Waals surface area contributed by atoms with E-state index in [-0.39, 0.29) is 24.7 Å². The number of benzene rings is 1. The monoisotopic (exact) mass is 446 g/mol. The van der Waals surface area contributed by atoms with E-state index >= 15 is 0 Å². The first-order chi connectivity index (χ1) is 14.8. The number of anilines is 1. The van der Waals surface area contributed by atoms with Crippen molar-refractivity contribution in [2.75, 3.05) is 5.32 Å². The zero-order valence-electron chi connectivity index (χ0n) is 17.4. The van der Waals surface area contributed by atoms with Gasteiger partial charge in [0.2, 0.25) is 5.82 Å². The first kappa shape index (κ1) is 26.3. The maximum atomic E-state index is 12.5. The van der Waals surface area contributed by atoms with Crippen molar-refractivity contribution < 1.29 is 36.9 Å². The number of aliphatic hydroxyl groups excluding tert-OH is 1. The fourth-order valence-corrected chi connectivity index (χ4v) is 2.53. The maximum absolute atomic E-state index is 12.5. The number of carbonyl (C=O) groups excluding carboxylic acids is 1. The van der Waals surface area contributed by atoms with Gasteiger partial charge < -0.3 is 19.9 Å². The minimum absolute atomic E-state index is 0.135. The number of hydrogen-bond donors (Lipinski definition) is 2. The van der Waals surface area contributed by atoms with Crippen LogP contribution in [0.4, 0.5) is 23.2 Å². The van der Waals surface area contributed by atoms with Gasteiger partial charge in [-0.1, -0.05) is 19.9 Å². The number of rotatable bonds is 5. The molecule has 0 bridgehead atoms. The lowest BCUT2D eigenvalue weighted by molar-refractivity contribution is -0.126. The average molecular weight is 446 g/mol. The molecule has 3 rings (SSSR count). The lowest BCUT2D eigenvalue weighted by Crippen LogP contribution is -2.27. The molecule has 1 fully saturated rings. The van der Waals surface area contributed by atoms with Crippen molar-refractivity contribution in [3.63, 3.8) is 0 Å². The van der Waals surface area contributed by atoms with Crippen molar-refractivity contribution in [3.8, 4) is 5.75 Å². The van der Waals surface area contributed by atoms with E-state index in [0.29, 0.717) is 11.4 Å². The molecule has 2 atom stereocenters. The Morgan fingerprint density at radius 2 is 2.00 bits per heavy atom. The number of ether oxygens (including phenoxy) is 2. The van der Waals surface area contributed by atoms with Gasteiger partial charge in [-0.05, 0) is 44.0 Å². The van der Waals surface area contributed by atoms with Crippen LogP contribution in [0.2, 0.25) is 0 Å². The van der Waals surface area contributed by atoms with Crippen LogP contribution in [0, 0.1) is 11.6 Å². The topological polar surface area (TPSA) is 80.7 Å². The number of carbonyl (C=O) groups is 1. The Kier molecular flexibility index (Phi) is 11.5. The van der Waals surface area contributed by atoms with E-state index in [0.717, 1.165) is 31.0 Å². The molecule has 0 aliphatic carbocycles. The minimum atomic E-state index is -3.15. The molecule has 10 heteroatoms. The van der Waals surface area contributed by atoms with Gasteiger partial charge >= 0.3 is 6.61 Å². The molecule has 0 saturated carbocycles. The summed E-state index contributed by atoms with van der Waals surface area (Å²) in [5.74, 6) is -3.54. The number of pyridine rings is 1. The van der Waals surface area contributed by atoms with Gasteiger partial charge in [-0.15, -0.1) is 0 Å². The van der Waals surface area contributed by atoms with Gasteiger partial charge in [-0.25, -0.2) is 4.39 Å². The number of hydrogen-bond acceptors (Lipinski definition) is 5. The third-order valence-electron chi connectivity index (χ3n) is 3.90. The third-order valence-corrected chi connectivity index (χ3v) is 3.90. The van der Waals surface area contributed by atoms with E-state index in [1.807, 2.05) is 20.8 Å². The molecule has 1 amide bonds. The average Bonchev–Trinajstić information content (AvgIpc) is 3.20. The number of aliphatic hydroxyl groups is 1. The van der Waals surface area contributed by atoms with Gasteiger partial charge in [0.25, 0.3) is 5.91 Å². The van der Waals surface area contributed by atoms with Crippen molar-refractivity contribution in [3.05, 3.63) is 53.9 Å². The summed E-state index contributed by atoms with van der Waals surface area (Å²) in [4.78, 5) is 15.8. The van der Waals surface area contributed by atoms with Crippen LogP contribution in [0.15, 0.2) is 36.5 Å². The molecule has 0 radical (unpaired) electrons. The molecule has 6 nitrogen and oxygen atoms in total. The Labute approximate surface area is 178 Å². The molecular formula is C21H26F4N2O4. The van der Waals surface area contributed by atoms with Crippen molar-refractivity contribution in [2.45, 2.75) is 59.0 Å². The molecule has 2 unspecified atom stereocenters. The molecule has 2 aromatic rings. The summed E-state index contributed by atoms with van der Waals surface area (Å²) in [5, 5.41) is 11.7. The summed E-state index contributed by atoms with van der Waals surface area (Å²) in [6.07, 6.45) is 3.01. The summed E-state index contributed by atoms with van der Waals surface area (Å²) in [6, 6.07) is 6.15. The molecule has 1 aromatic heterocycles. The van der Waals surface area contributed by atoms with E-state index in [4.69, 9.17) is 9.84 Å². The summed E-state index contributed by atoms with van der Waals surface area (Å²) < 4.78 is 57.1. The first-order valence-electron chi connectivity index (χ1n) is 9.71. The Bertz CT molecular complexity index is 824. The molecule has 0 spiro atoms. The molecule has 1 aliphatic rings. The highest BCUT2D eigenvalue weighted by Crippen LogP contribution is 2.21. The van der Waals surface area contributed by atoms with E-state index in [1.54, 1.807) is 18.3 Å². The van der Waals surface area contributed by atoms with Crippen molar-refractivity contribution in [1.82, 2.24) is 4.98 Å². The second-order valence-corrected chi connectivity index (χ2v) is 6.13. The predicted octanol–water partition coefficient (Wildman–Crippen LogP) is 4.67. The molecular weight excluding hydrogens is 420 g/mol. The number of halogens is 4. The van der Waals surface area contributed by atoms with Crippen LogP contribution in [-0.2, 0) is 16.1 Å². The number of nitrogens with zero attached hydrogens (tertiary/aromatic N) is 1. The number of nitrogens with one attached hydrogen (secondary N) is 1. The van der Waals surface area contributed by atoms with Crippen LogP contribution < -0.4 is 10.1 Å². The molecule has 1 aliphatic heterocycles. The van der Waals surface area contributed by atoms with Crippen LogP contribution in [0.1, 0.15) is 39.3 Å². The van der Waals surface area contributed by atoms with Gasteiger partial charge in [-0.3, -0.25) is 9.78 Å². The second-order valence-electron chi connectivity index (χ2n) is 6.13. The Balaban J connectivity index is 0.000000303. The zero-order chi connectivity index (χ0) is 23.4. The number of amides is 1. The normalized spacial score (nSPS) is 17.2. The van der Waals surface area contributed by atoms with Crippen LogP contribution in [0.25, 0.3) is 0 Å². The Morgan fingerprint density at radius 1 is 1.29 bits per heavy atom. The third kappa shape index (κ3) is 8.89. The summed E-state index contributed by atoms with van der Waals surface area (Å²) in [7, 11) is 0. The van der Waals surface area contributed by atoms with Crippen LogP contribution in [-0.4, -0.2) is 34.8 Å². The first-order valence-corrected chi connectivity index (χ1v) is 9.71.